The molecule has 0 radical (unpaired) electrons. The van der Waals surface area contributed by atoms with Gasteiger partial charge in [-0.3, -0.25) is 0 Å². The fraction of sp³-hybridized carbons (Fsp3) is 0.833. The van der Waals surface area contributed by atoms with Crippen LogP contribution in [0.25, 0.3) is 0 Å². The van der Waals surface area contributed by atoms with Crippen molar-refractivity contribution in [3.05, 3.63) is 11.1 Å². The molecule has 6 heteroatoms. The number of carbonyl (C=O) groups excluding carboxylic acids is 1. The number of ether oxygens (including phenoxy) is 1. The molecule has 5 aliphatic rings. The fourth-order valence-corrected chi connectivity index (χ4v) is 8.55. The van der Waals surface area contributed by atoms with E-state index in [0.717, 1.165) is 32.1 Å². The molecule has 0 saturated heterocycles. The molecule has 4 fully saturated rings. The van der Waals surface area contributed by atoms with Crippen LogP contribution < -0.4 is 0 Å². The number of hydrogen-bond donors (Lipinski definition) is 3. The number of aliphatic hydroxyl groups is 3. The average Bonchev–Trinajstić information content (AvgIpc) is 3.21. The first-order valence-corrected chi connectivity index (χ1v) is 11.6. The first kappa shape index (κ1) is 20.5. The zero-order valence-corrected chi connectivity index (χ0v) is 17.9. The van der Waals surface area contributed by atoms with Crippen LogP contribution in [0.4, 0.5) is 0 Å². The third kappa shape index (κ3) is 2.37. The summed E-state index contributed by atoms with van der Waals surface area (Å²) < 4.78 is 5.16. The van der Waals surface area contributed by atoms with Gasteiger partial charge in [0.25, 0.3) is 0 Å². The maximum absolute atomic E-state index is 12.2. The van der Waals surface area contributed by atoms with E-state index in [0.29, 0.717) is 30.8 Å². The molecule has 0 aromatic carbocycles. The predicted octanol–water partition coefficient (Wildman–Crippen LogP) is 2.47. The second kappa shape index (κ2) is 6.54. The first-order valence-electron chi connectivity index (χ1n) is 11.6. The molecule has 0 aromatic heterocycles. The molecular weight excluding hydrogens is 382 g/mol. The summed E-state index contributed by atoms with van der Waals surface area (Å²) in [4.78, 5) is 12.0. The van der Waals surface area contributed by atoms with Crippen molar-refractivity contribution in [2.24, 2.45) is 34.5 Å². The minimum atomic E-state index is -1.02. The van der Waals surface area contributed by atoms with E-state index in [1.165, 1.54) is 0 Å². The third-order valence-corrected chi connectivity index (χ3v) is 10.3. The molecule has 5 rings (SSSR count). The Morgan fingerprint density at radius 2 is 1.83 bits per heavy atom. The Labute approximate surface area is 177 Å². The van der Waals surface area contributed by atoms with Crippen molar-refractivity contribution in [2.75, 3.05) is 6.61 Å². The van der Waals surface area contributed by atoms with Gasteiger partial charge < -0.3 is 20.1 Å². The molecular formula is C24H33NO5. The lowest BCUT2D eigenvalue weighted by Crippen LogP contribution is -2.67. The zero-order valence-electron chi connectivity index (χ0n) is 17.9. The lowest BCUT2D eigenvalue weighted by atomic mass is 9.42. The van der Waals surface area contributed by atoms with E-state index in [1.807, 2.05) is 13.0 Å². The van der Waals surface area contributed by atoms with Gasteiger partial charge in [-0.2, -0.15) is 5.26 Å². The van der Waals surface area contributed by atoms with Crippen LogP contribution >= 0.6 is 0 Å². The number of nitrogens with zero attached hydrogens (tertiary/aromatic N) is 1. The molecule has 9 atom stereocenters. The van der Waals surface area contributed by atoms with Gasteiger partial charge in [0.2, 0.25) is 0 Å². The minimum absolute atomic E-state index is 0.0296. The number of hydrogen-bond acceptors (Lipinski definition) is 6. The predicted molar refractivity (Wildman–Crippen MR) is 108 cm³/mol. The van der Waals surface area contributed by atoms with Gasteiger partial charge in [0.1, 0.15) is 18.2 Å². The maximum Gasteiger partial charge on any atom is 0.349 e. The van der Waals surface area contributed by atoms with E-state index >= 15 is 0 Å². The Morgan fingerprint density at radius 3 is 2.57 bits per heavy atom. The molecule has 3 N–H and O–H groups in total. The Morgan fingerprint density at radius 1 is 1.07 bits per heavy atom. The van der Waals surface area contributed by atoms with E-state index in [1.54, 1.807) is 0 Å². The Hall–Kier alpha value is -1.42. The van der Waals surface area contributed by atoms with E-state index < -0.39 is 23.1 Å². The van der Waals surface area contributed by atoms with Crippen molar-refractivity contribution < 1.29 is 24.9 Å². The van der Waals surface area contributed by atoms with Crippen molar-refractivity contribution in [3.63, 3.8) is 0 Å². The van der Waals surface area contributed by atoms with E-state index in [-0.39, 0.29) is 41.5 Å². The van der Waals surface area contributed by atoms with Gasteiger partial charge in [0.05, 0.1) is 17.8 Å². The Balaban J connectivity index is 1.54. The van der Waals surface area contributed by atoms with Gasteiger partial charge in [-0.15, -0.1) is 0 Å². The number of cyclic esters (lactones) is 1. The first-order chi connectivity index (χ1) is 14.2. The highest BCUT2D eigenvalue weighted by molar-refractivity contribution is 5.96. The number of aliphatic hydroxyl groups excluding tert-OH is 2. The van der Waals surface area contributed by atoms with Gasteiger partial charge in [0.15, 0.2) is 0 Å². The van der Waals surface area contributed by atoms with E-state index in [9.17, 15) is 25.4 Å². The summed E-state index contributed by atoms with van der Waals surface area (Å²) in [6, 6.07) is 2.00. The molecule has 0 aromatic rings. The fourth-order valence-electron chi connectivity index (χ4n) is 8.55. The number of carbonyl (C=O) groups is 1. The largest absolute Gasteiger partial charge is 0.457 e. The van der Waals surface area contributed by atoms with Crippen LogP contribution in [-0.4, -0.2) is 45.7 Å². The molecule has 30 heavy (non-hydrogen) atoms. The van der Waals surface area contributed by atoms with Crippen LogP contribution in [0.5, 0.6) is 0 Å². The molecule has 0 bridgehead atoms. The molecule has 4 aliphatic carbocycles. The molecule has 1 aliphatic heterocycles. The smallest absolute Gasteiger partial charge is 0.349 e. The highest BCUT2D eigenvalue weighted by atomic mass is 16.5. The van der Waals surface area contributed by atoms with Gasteiger partial charge in [-0.1, -0.05) is 13.8 Å². The molecule has 0 unspecified atom stereocenters. The van der Waals surface area contributed by atoms with Crippen LogP contribution in [0.3, 0.4) is 0 Å². The number of esters is 1. The molecule has 164 valence electrons. The van der Waals surface area contributed by atoms with Crippen molar-refractivity contribution in [2.45, 2.75) is 83.0 Å². The van der Waals surface area contributed by atoms with Gasteiger partial charge in [-0.25, -0.2) is 4.79 Å². The average molecular weight is 416 g/mol. The minimum Gasteiger partial charge on any atom is -0.457 e. The highest BCUT2D eigenvalue weighted by Gasteiger charge is 2.71. The normalized spacial score (nSPS) is 52.9. The topological polar surface area (TPSA) is 111 Å². The second-order valence-corrected chi connectivity index (χ2v) is 11.1. The van der Waals surface area contributed by atoms with Crippen LogP contribution in [0, 0.1) is 45.8 Å². The summed E-state index contributed by atoms with van der Waals surface area (Å²) in [5.41, 5.74) is -1.06. The molecule has 0 spiro atoms. The van der Waals surface area contributed by atoms with Crippen molar-refractivity contribution >= 4 is 5.97 Å². The Bertz CT molecular complexity index is 847. The summed E-state index contributed by atoms with van der Waals surface area (Å²) in [7, 11) is 0. The third-order valence-electron chi connectivity index (χ3n) is 10.3. The van der Waals surface area contributed by atoms with Crippen LogP contribution in [-0.2, 0) is 9.53 Å². The zero-order chi connectivity index (χ0) is 21.5. The summed E-state index contributed by atoms with van der Waals surface area (Å²) in [6.07, 6.45) is 5.39. The molecule has 0 amide bonds. The molecule has 4 saturated carbocycles. The number of fused-ring (bicyclic) bond motifs is 5. The van der Waals surface area contributed by atoms with E-state index in [4.69, 9.17) is 4.74 Å². The molecule has 1 heterocycles. The highest BCUT2D eigenvalue weighted by Crippen LogP contribution is 2.70. The number of rotatable bonds is 1. The monoisotopic (exact) mass is 415 g/mol. The summed E-state index contributed by atoms with van der Waals surface area (Å²) >= 11 is 0. The van der Waals surface area contributed by atoms with Crippen molar-refractivity contribution in [1.82, 2.24) is 0 Å². The quantitative estimate of drug-likeness (QED) is 0.568. The van der Waals surface area contributed by atoms with Crippen LogP contribution in [0.2, 0.25) is 0 Å². The van der Waals surface area contributed by atoms with Crippen LogP contribution in [0.15, 0.2) is 11.1 Å². The maximum atomic E-state index is 12.2. The lowest BCUT2D eigenvalue weighted by molar-refractivity contribution is -0.245. The lowest BCUT2D eigenvalue weighted by Gasteiger charge is -2.64. The summed E-state index contributed by atoms with van der Waals surface area (Å²) in [5.74, 6) is -0.0478. The summed E-state index contributed by atoms with van der Waals surface area (Å²) in [5, 5.41) is 43.4. The second-order valence-electron chi connectivity index (χ2n) is 11.1. The standard InChI is InChI=1S/C24H33NO5/c1-22-7-5-14(26)9-13(22)3-4-18-19(22)10-20(27)23(2)17(6-8-24(18,23)29)16-12-30-21(28)15(16)11-25/h13-14,17-20,26-27,29H,3-10,12H2,1-2H3/t13-,14+,17-,18-,19+,20-,22+,23+,24+/m1/s1. The van der Waals surface area contributed by atoms with Gasteiger partial charge in [0, 0.05) is 5.41 Å². The number of nitriles is 1. The van der Waals surface area contributed by atoms with E-state index in [2.05, 4.69) is 6.92 Å². The summed E-state index contributed by atoms with van der Waals surface area (Å²) in [6.45, 7) is 4.37. The van der Waals surface area contributed by atoms with Gasteiger partial charge in [-0.05, 0) is 86.0 Å². The Kier molecular flexibility index (Phi) is 4.47. The van der Waals surface area contributed by atoms with Crippen LogP contribution in [0.1, 0.15) is 65.2 Å². The SMILES string of the molecule is C[C@]12CC[C@H](O)C[C@H]1CC[C@@H]1[C@@H]2C[C@@H](O)[C@]2(C)[C@@H](C3=C(C#N)C(=O)OC3)CC[C@]12O. The van der Waals surface area contributed by atoms with Crippen molar-refractivity contribution in [3.8, 4) is 6.07 Å². The molecule has 6 nitrogen and oxygen atoms in total. The van der Waals surface area contributed by atoms with Crippen molar-refractivity contribution in [1.29, 1.82) is 5.26 Å². The van der Waals surface area contributed by atoms with Gasteiger partial charge >= 0.3 is 5.97 Å².